The summed E-state index contributed by atoms with van der Waals surface area (Å²) >= 11 is 1.71. The third kappa shape index (κ3) is 5.12. The van der Waals surface area contributed by atoms with Crippen LogP contribution >= 0.6 is 11.3 Å². The second-order valence-corrected chi connectivity index (χ2v) is 6.57. The number of ether oxygens (including phenoxy) is 2. The predicted molar refractivity (Wildman–Crippen MR) is 92.7 cm³/mol. The van der Waals surface area contributed by atoms with Crippen molar-refractivity contribution in [3.05, 3.63) is 46.7 Å². The number of nitrogens with zero attached hydrogens (tertiary/aromatic N) is 1. The normalized spacial score (nSPS) is 17.3. The number of hydrogen-bond donors (Lipinski definition) is 1. The summed E-state index contributed by atoms with van der Waals surface area (Å²) in [5.74, 6) is 0. The zero-order valence-corrected chi connectivity index (χ0v) is 14.0. The fraction of sp³-hybridized carbons (Fsp3) is 0.444. The second kappa shape index (κ2) is 8.57. The smallest absolute Gasteiger partial charge is 0.0900 e. The lowest BCUT2D eigenvalue weighted by Gasteiger charge is -2.28. The minimum absolute atomic E-state index is 0.365. The minimum atomic E-state index is -0.446. The standard InChI is InChI=1S/C18H23NO3S/c20-18(11-19-6-8-21-9-7-19)13-22-12-15-1-3-16(4-2-15)17-5-10-23-14-17/h1-5,10,14,18,20H,6-9,11-13H2. The molecule has 3 rings (SSSR count). The van der Waals surface area contributed by atoms with Gasteiger partial charge in [-0.15, -0.1) is 0 Å². The molecule has 0 amide bonds. The van der Waals surface area contributed by atoms with Gasteiger partial charge in [-0.2, -0.15) is 11.3 Å². The van der Waals surface area contributed by atoms with Crippen molar-refractivity contribution in [3.63, 3.8) is 0 Å². The van der Waals surface area contributed by atoms with E-state index >= 15 is 0 Å². The Hall–Kier alpha value is -1.24. The number of aliphatic hydroxyl groups excluding tert-OH is 1. The van der Waals surface area contributed by atoms with Crippen LogP contribution in [0.25, 0.3) is 11.1 Å². The van der Waals surface area contributed by atoms with Gasteiger partial charge >= 0.3 is 0 Å². The molecule has 1 saturated heterocycles. The van der Waals surface area contributed by atoms with E-state index in [0.717, 1.165) is 31.9 Å². The molecule has 1 atom stereocenters. The second-order valence-electron chi connectivity index (χ2n) is 5.79. The van der Waals surface area contributed by atoms with Crippen LogP contribution in [0.1, 0.15) is 5.56 Å². The highest BCUT2D eigenvalue weighted by molar-refractivity contribution is 7.08. The van der Waals surface area contributed by atoms with Gasteiger partial charge in [0.05, 0.1) is 32.5 Å². The molecule has 5 heteroatoms. The van der Waals surface area contributed by atoms with E-state index in [4.69, 9.17) is 9.47 Å². The summed E-state index contributed by atoms with van der Waals surface area (Å²) in [6.07, 6.45) is -0.446. The maximum atomic E-state index is 10.0. The van der Waals surface area contributed by atoms with E-state index in [2.05, 4.69) is 46.0 Å². The van der Waals surface area contributed by atoms with Gasteiger partial charge in [-0.25, -0.2) is 0 Å². The average molecular weight is 333 g/mol. The van der Waals surface area contributed by atoms with Crippen molar-refractivity contribution in [2.75, 3.05) is 39.5 Å². The summed E-state index contributed by atoms with van der Waals surface area (Å²) in [6, 6.07) is 10.5. The molecular weight excluding hydrogens is 310 g/mol. The molecule has 2 heterocycles. The van der Waals surface area contributed by atoms with Crippen molar-refractivity contribution in [1.82, 2.24) is 4.90 Å². The molecule has 4 nitrogen and oxygen atoms in total. The quantitative estimate of drug-likeness (QED) is 0.846. The molecule has 1 fully saturated rings. The third-order valence-corrected chi connectivity index (χ3v) is 4.64. The molecule has 0 spiro atoms. The molecule has 1 aliphatic rings. The zero-order valence-electron chi connectivity index (χ0n) is 13.2. The Bertz CT molecular complexity index is 564. The van der Waals surface area contributed by atoms with Gasteiger partial charge in [-0.05, 0) is 33.5 Å². The molecule has 1 N–H and O–H groups in total. The maximum Gasteiger partial charge on any atom is 0.0900 e. The first-order chi connectivity index (χ1) is 11.3. The number of aliphatic hydroxyl groups is 1. The Labute approximate surface area is 141 Å². The molecule has 0 radical (unpaired) electrons. The number of thiophene rings is 1. The lowest BCUT2D eigenvalue weighted by Crippen LogP contribution is -2.42. The molecule has 0 aliphatic carbocycles. The zero-order chi connectivity index (χ0) is 15.9. The van der Waals surface area contributed by atoms with Gasteiger partial charge in [0.15, 0.2) is 0 Å². The Morgan fingerprint density at radius 3 is 2.61 bits per heavy atom. The summed E-state index contributed by atoms with van der Waals surface area (Å²) in [7, 11) is 0. The van der Waals surface area contributed by atoms with Gasteiger partial charge in [0.1, 0.15) is 0 Å². The van der Waals surface area contributed by atoms with Crippen LogP contribution in [0.2, 0.25) is 0 Å². The first kappa shape index (κ1) is 16.6. The van der Waals surface area contributed by atoms with Crippen molar-refractivity contribution < 1.29 is 14.6 Å². The summed E-state index contributed by atoms with van der Waals surface area (Å²) in [5.41, 5.74) is 3.60. The monoisotopic (exact) mass is 333 g/mol. The van der Waals surface area contributed by atoms with Crippen LogP contribution in [-0.4, -0.2) is 55.6 Å². The topological polar surface area (TPSA) is 41.9 Å². The molecule has 1 unspecified atom stereocenters. The predicted octanol–water partition coefficient (Wildman–Crippen LogP) is 2.62. The molecule has 2 aromatic rings. The van der Waals surface area contributed by atoms with Crippen LogP contribution in [0.15, 0.2) is 41.1 Å². The van der Waals surface area contributed by atoms with Crippen LogP contribution in [0.4, 0.5) is 0 Å². The Balaban J connectivity index is 1.39. The van der Waals surface area contributed by atoms with Crippen LogP contribution in [0, 0.1) is 0 Å². The van der Waals surface area contributed by atoms with E-state index in [9.17, 15) is 5.11 Å². The summed E-state index contributed by atoms with van der Waals surface area (Å²) in [4.78, 5) is 2.22. The maximum absolute atomic E-state index is 10.0. The molecule has 1 aliphatic heterocycles. The summed E-state index contributed by atoms with van der Waals surface area (Å²) in [6.45, 7) is 4.84. The van der Waals surface area contributed by atoms with Crippen LogP contribution in [0.3, 0.4) is 0 Å². The van der Waals surface area contributed by atoms with Crippen molar-refractivity contribution >= 4 is 11.3 Å². The van der Waals surface area contributed by atoms with Gasteiger partial charge in [0.25, 0.3) is 0 Å². The van der Waals surface area contributed by atoms with E-state index in [-0.39, 0.29) is 0 Å². The fourth-order valence-corrected chi connectivity index (χ4v) is 3.33. The third-order valence-electron chi connectivity index (χ3n) is 3.96. The summed E-state index contributed by atoms with van der Waals surface area (Å²) in [5, 5.41) is 14.3. The molecule has 23 heavy (non-hydrogen) atoms. The number of hydrogen-bond acceptors (Lipinski definition) is 5. The fourth-order valence-electron chi connectivity index (χ4n) is 2.67. The largest absolute Gasteiger partial charge is 0.389 e. The van der Waals surface area contributed by atoms with E-state index in [0.29, 0.717) is 19.8 Å². The van der Waals surface area contributed by atoms with E-state index in [1.165, 1.54) is 11.1 Å². The minimum Gasteiger partial charge on any atom is -0.389 e. The number of benzene rings is 1. The number of rotatable bonds is 7. The summed E-state index contributed by atoms with van der Waals surface area (Å²) < 4.78 is 11.0. The molecule has 1 aromatic heterocycles. The van der Waals surface area contributed by atoms with E-state index < -0.39 is 6.10 Å². The highest BCUT2D eigenvalue weighted by Gasteiger charge is 2.14. The molecule has 0 saturated carbocycles. The highest BCUT2D eigenvalue weighted by Crippen LogP contribution is 2.22. The van der Waals surface area contributed by atoms with Gasteiger partial charge in [0.2, 0.25) is 0 Å². The van der Waals surface area contributed by atoms with Crippen molar-refractivity contribution in [1.29, 1.82) is 0 Å². The molecular formula is C18H23NO3S. The van der Waals surface area contributed by atoms with Crippen molar-refractivity contribution in [2.24, 2.45) is 0 Å². The molecule has 124 valence electrons. The Morgan fingerprint density at radius 2 is 1.91 bits per heavy atom. The van der Waals surface area contributed by atoms with Gasteiger partial charge in [0, 0.05) is 19.6 Å². The number of morpholine rings is 1. The SMILES string of the molecule is OC(COCc1ccc(-c2ccsc2)cc1)CN1CCOCC1. The van der Waals surface area contributed by atoms with Crippen LogP contribution in [-0.2, 0) is 16.1 Å². The van der Waals surface area contributed by atoms with Gasteiger partial charge < -0.3 is 14.6 Å². The van der Waals surface area contributed by atoms with E-state index in [1.807, 2.05) is 0 Å². The molecule has 1 aromatic carbocycles. The number of β-amino-alcohol motifs (C(OH)–C–C–N with tert-alkyl or cyclic N) is 1. The van der Waals surface area contributed by atoms with Crippen LogP contribution in [0.5, 0.6) is 0 Å². The van der Waals surface area contributed by atoms with E-state index in [1.54, 1.807) is 11.3 Å². The first-order valence-corrected chi connectivity index (χ1v) is 8.93. The van der Waals surface area contributed by atoms with Gasteiger partial charge in [-0.1, -0.05) is 24.3 Å². The van der Waals surface area contributed by atoms with Gasteiger partial charge in [-0.3, -0.25) is 4.90 Å². The first-order valence-electron chi connectivity index (χ1n) is 7.99. The van der Waals surface area contributed by atoms with Crippen molar-refractivity contribution in [2.45, 2.75) is 12.7 Å². The lowest BCUT2D eigenvalue weighted by molar-refractivity contribution is -0.0175. The Kier molecular flexibility index (Phi) is 6.19. The van der Waals surface area contributed by atoms with Crippen LogP contribution < -0.4 is 0 Å². The van der Waals surface area contributed by atoms with Crippen molar-refractivity contribution in [3.8, 4) is 11.1 Å². The molecule has 0 bridgehead atoms. The lowest BCUT2D eigenvalue weighted by atomic mass is 10.1. The highest BCUT2D eigenvalue weighted by atomic mass is 32.1. The average Bonchev–Trinajstić information content (AvgIpc) is 3.11. The Morgan fingerprint density at radius 1 is 1.13 bits per heavy atom.